The molecule has 1 amide bonds. The maximum atomic E-state index is 15.8. The molecule has 2 aliphatic carbocycles. The molecule has 0 radical (unpaired) electrons. The molecule has 2 aromatic heterocycles. The third kappa shape index (κ3) is 5.59. The number of halogens is 2. The lowest BCUT2D eigenvalue weighted by Crippen LogP contribution is -2.34. The Kier molecular flexibility index (Phi) is 7.73. The summed E-state index contributed by atoms with van der Waals surface area (Å²) in [6, 6.07) is 1.66. The van der Waals surface area contributed by atoms with Crippen molar-refractivity contribution in [1.82, 2.24) is 14.5 Å². The predicted molar refractivity (Wildman–Crippen MR) is 137 cm³/mol. The maximum Gasteiger partial charge on any atom is 0.411 e. The number of anilines is 1. The van der Waals surface area contributed by atoms with Crippen molar-refractivity contribution in [2.75, 3.05) is 12.3 Å². The topological polar surface area (TPSA) is 145 Å². The summed E-state index contributed by atoms with van der Waals surface area (Å²) >= 11 is 6.21. The molecule has 2 aliphatic rings. The van der Waals surface area contributed by atoms with Crippen molar-refractivity contribution >= 4 is 35.1 Å². The largest absolute Gasteiger partial charge is 0.411 e. The highest BCUT2D eigenvalue weighted by Crippen LogP contribution is 2.46. The Morgan fingerprint density at radius 3 is 2.67 bits per heavy atom. The molecule has 0 saturated heterocycles. The first-order valence-electron chi connectivity index (χ1n) is 12.1. The summed E-state index contributed by atoms with van der Waals surface area (Å²) in [5.41, 5.74) is 11.2. The molecule has 0 unspecified atom stereocenters. The summed E-state index contributed by atoms with van der Waals surface area (Å²) in [7, 11) is 0. The lowest BCUT2D eigenvalue weighted by Gasteiger charge is -2.35. The fourth-order valence-corrected chi connectivity index (χ4v) is 5.14. The van der Waals surface area contributed by atoms with Gasteiger partial charge in [-0.05, 0) is 62.8 Å². The fourth-order valence-electron chi connectivity index (χ4n) is 4.96. The zero-order chi connectivity index (χ0) is 25.9. The molecule has 0 aliphatic heterocycles. The number of aromatic nitrogens is 3. The van der Waals surface area contributed by atoms with Crippen molar-refractivity contribution in [3.05, 3.63) is 53.2 Å². The first-order chi connectivity index (χ1) is 17.2. The summed E-state index contributed by atoms with van der Waals surface area (Å²) in [6.45, 7) is 4.16. The van der Waals surface area contributed by atoms with Gasteiger partial charge in [0.05, 0.1) is 10.7 Å². The number of alkyl halides is 1. The van der Waals surface area contributed by atoms with Crippen molar-refractivity contribution in [2.45, 2.75) is 57.2 Å². The molecule has 0 spiro atoms. The predicted octanol–water partition coefficient (Wildman–Crippen LogP) is 4.76. The number of carbonyl (C=O) groups is 1. The third-order valence-electron chi connectivity index (χ3n) is 7.01. The number of primary amides is 1. The molecule has 2 heterocycles. The molecule has 0 atom stereocenters. The summed E-state index contributed by atoms with van der Waals surface area (Å²) in [5, 5.41) is 8.25. The number of hydrogen-bond acceptors (Lipinski definition) is 7. The van der Waals surface area contributed by atoms with Gasteiger partial charge >= 0.3 is 6.09 Å². The Hall–Kier alpha value is -3.27. The van der Waals surface area contributed by atoms with Crippen LogP contribution < -0.4 is 11.5 Å². The van der Waals surface area contributed by atoms with E-state index in [1.165, 1.54) is 6.20 Å². The molecule has 5 N–H and O–H groups in total. The summed E-state index contributed by atoms with van der Waals surface area (Å²) in [4.78, 5) is 24.2. The number of imidazole rings is 1. The van der Waals surface area contributed by atoms with Crippen LogP contribution in [0, 0.1) is 17.2 Å². The first kappa shape index (κ1) is 25.8. The van der Waals surface area contributed by atoms with E-state index in [9.17, 15) is 4.79 Å². The second-order valence-electron chi connectivity index (χ2n) is 9.52. The zero-order valence-electron chi connectivity index (χ0n) is 20.1. The van der Waals surface area contributed by atoms with E-state index in [4.69, 9.17) is 28.5 Å². The Morgan fingerprint density at radius 2 is 2.08 bits per heavy atom. The number of ether oxygens (including phenoxy) is 1. The Balaban J connectivity index is 1.79. The number of nitrogens with zero attached hydrogens (tertiary/aromatic N) is 4. The fraction of sp³-hybridized carbons (Fsp3) is 0.480. The average molecular weight is 516 g/mol. The smallest absolute Gasteiger partial charge is 0.394 e. The van der Waals surface area contributed by atoms with Crippen LogP contribution in [0.3, 0.4) is 0 Å². The van der Waals surface area contributed by atoms with Crippen LogP contribution in [0.15, 0.2) is 36.1 Å². The number of nitrogens with one attached hydrogen (secondary N) is 1. The standard InChI is InChI=1S/C25H31ClFN7O2/c1-2-15-4-6-16(7-5-15)14-34-21(22(29)33-23(34)25(27)8-3-9-25)20(17-10-18(26)12-31-11-17)32-13-19(28)36-24(30)35/h2,10-12,15-16,28H,1,3-9,13-14,29H2,(H2,30,35). The van der Waals surface area contributed by atoms with Gasteiger partial charge in [-0.2, -0.15) is 0 Å². The van der Waals surface area contributed by atoms with Gasteiger partial charge in [0.2, 0.25) is 5.90 Å². The van der Waals surface area contributed by atoms with Gasteiger partial charge in [-0.1, -0.05) is 17.7 Å². The minimum Gasteiger partial charge on any atom is -0.394 e. The number of nitrogens with two attached hydrogens (primary N) is 2. The molecule has 9 nitrogen and oxygen atoms in total. The molecule has 2 saturated carbocycles. The van der Waals surface area contributed by atoms with Crippen LogP contribution in [0.1, 0.15) is 62.0 Å². The number of hydrogen-bond donors (Lipinski definition) is 3. The molecular weight excluding hydrogens is 485 g/mol. The van der Waals surface area contributed by atoms with E-state index in [1.807, 2.05) is 10.6 Å². The number of pyridine rings is 1. The van der Waals surface area contributed by atoms with Crippen LogP contribution in [0.5, 0.6) is 0 Å². The summed E-state index contributed by atoms with van der Waals surface area (Å²) in [5.74, 6) is 0.806. The van der Waals surface area contributed by atoms with Crippen LogP contribution in [0.4, 0.5) is 15.0 Å². The first-order valence-corrected chi connectivity index (χ1v) is 12.5. The quantitative estimate of drug-likeness (QED) is 0.263. The molecular formula is C25H31ClFN7O2. The summed E-state index contributed by atoms with van der Waals surface area (Å²) < 4.78 is 22.3. The van der Waals surface area contributed by atoms with Gasteiger partial charge in [0.15, 0.2) is 11.5 Å². The van der Waals surface area contributed by atoms with Crippen molar-refractivity contribution in [3.63, 3.8) is 0 Å². The lowest BCUT2D eigenvalue weighted by molar-refractivity contribution is 0.0452. The van der Waals surface area contributed by atoms with Gasteiger partial charge in [-0.25, -0.2) is 14.2 Å². The van der Waals surface area contributed by atoms with Crippen molar-refractivity contribution < 1.29 is 13.9 Å². The normalized spacial score (nSPS) is 21.4. The van der Waals surface area contributed by atoms with E-state index in [2.05, 4.69) is 26.3 Å². The van der Waals surface area contributed by atoms with Crippen LogP contribution in [-0.4, -0.2) is 38.8 Å². The third-order valence-corrected chi connectivity index (χ3v) is 7.22. The van der Waals surface area contributed by atoms with Crippen LogP contribution in [0.2, 0.25) is 5.02 Å². The highest BCUT2D eigenvalue weighted by molar-refractivity contribution is 6.31. The SMILES string of the molecule is C=CC1CCC(Cn2c(C3(F)CCC3)nc(N)c2C(=NCC(=N)OC(N)=O)c2cncc(Cl)c2)CC1. The molecule has 0 aromatic carbocycles. The Morgan fingerprint density at radius 1 is 1.36 bits per heavy atom. The number of amides is 1. The highest BCUT2D eigenvalue weighted by atomic mass is 35.5. The van der Waals surface area contributed by atoms with E-state index in [0.717, 1.165) is 32.1 Å². The van der Waals surface area contributed by atoms with Crippen molar-refractivity contribution in [1.29, 1.82) is 5.41 Å². The maximum absolute atomic E-state index is 15.8. The molecule has 0 bridgehead atoms. The van der Waals surface area contributed by atoms with E-state index in [1.54, 1.807) is 12.3 Å². The Bertz CT molecular complexity index is 1180. The lowest BCUT2D eigenvalue weighted by atomic mass is 9.80. The number of carbonyl (C=O) groups excluding carboxylic acids is 1. The second kappa shape index (κ2) is 10.8. The zero-order valence-corrected chi connectivity index (χ0v) is 20.8. The molecule has 36 heavy (non-hydrogen) atoms. The molecule has 192 valence electrons. The molecule has 2 fully saturated rings. The van der Waals surface area contributed by atoms with Gasteiger partial charge in [0.25, 0.3) is 0 Å². The van der Waals surface area contributed by atoms with Gasteiger partial charge in [0.1, 0.15) is 18.1 Å². The van der Waals surface area contributed by atoms with Crippen LogP contribution >= 0.6 is 11.6 Å². The number of nitrogen functional groups attached to an aromatic ring is 1. The van der Waals surface area contributed by atoms with Crippen LogP contribution in [-0.2, 0) is 17.0 Å². The Labute approximate surface area is 214 Å². The molecule has 4 rings (SSSR count). The van der Waals surface area contributed by atoms with E-state index >= 15 is 4.39 Å². The second-order valence-corrected chi connectivity index (χ2v) is 9.95. The van der Waals surface area contributed by atoms with Crippen LogP contribution in [0.25, 0.3) is 0 Å². The highest BCUT2D eigenvalue weighted by Gasteiger charge is 2.44. The number of allylic oxidation sites excluding steroid dienone is 1. The molecule has 11 heteroatoms. The minimum atomic E-state index is -1.55. The van der Waals surface area contributed by atoms with Crippen molar-refractivity contribution in [2.24, 2.45) is 22.6 Å². The number of rotatable bonds is 8. The van der Waals surface area contributed by atoms with Gasteiger partial charge in [-0.15, -0.1) is 6.58 Å². The van der Waals surface area contributed by atoms with E-state index in [-0.39, 0.29) is 12.4 Å². The van der Waals surface area contributed by atoms with E-state index < -0.39 is 17.7 Å². The number of aliphatic imine (C=N–C) groups is 1. The van der Waals surface area contributed by atoms with Gasteiger partial charge < -0.3 is 20.8 Å². The monoisotopic (exact) mass is 515 g/mol. The molecule has 2 aromatic rings. The van der Waals surface area contributed by atoms with Gasteiger partial charge in [0, 0.05) is 24.5 Å². The average Bonchev–Trinajstić information content (AvgIpc) is 3.14. The van der Waals surface area contributed by atoms with Crippen molar-refractivity contribution in [3.8, 4) is 0 Å². The van der Waals surface area contributed by atoms with Gasteiger partial charge in [-0.3, -0.25) is 15.4 Å². The van der Waals surface area contributed by atoms with E-state index in [0.29, 0.717) is 59.0 Å². The summed E-state index contributed by atoms with van der Waals surface area (Å²) in [6.07, 6.45) is 9.52. The minimum absolute atomic E-state index is 0.134.